The third-order valence-electron chi connectivity index (χ3n) is 2.62. The van der Waals surface area contributed by atoms with Crippen LogP contribution in [0.1, 0.15) is 19.0 Å². The molecule has 0 aliphatic rings. The van der Waals surface area contributed by atoms with Gasteiger partial charge < -0.3 is 4.98 Å². The number of rotatable bonds is 3. The second kappa shape index (κ2) is 6.24. The summed E-state index contributed by atoms with van der Waals surface area (Å²) >= 11 is 12.1. The minimum atomic E-state index is -0.306. The van der Waals surface area contributed by atoms with Crippen molar-refractivity contribution >= 4 is 44.1 Å². The fourth-order valence-corrected chi connectivity index (χ4v) is 2.77. The summed E-state index contributed by atoms with van der Waals surface area (Å²) in [6, 6.07) is 4.49. The normalized spacial score (nSPS) is 10.7. The molecule has 2 nitrogen and oxygen atoms in total. The van der Waals surface area contributed by atoms with Gasteiger partial charge in [0, 0.05) is 15.7 Å². The van der Waals surface area contributed by atoms with Crippen LogP contribution in [-0.4, -0.2) is 9.97 Å². The van der Waals surface area contributed by atoms with E-state index in [4.69, 9.17) is 12.2 Å². The zero-order chi connectivity index (χ0) is 14.0. The van der Waals surface area contributed by atoms with E-state index in [1.54, 1.807) is 6.07 Å². The van der Waals surface area contributed by atoms with Crippen molar-refractivity contribution in [3.05, 3.63) is 43.3 Å². The second-order valence-corrected chi connectivity index (χ2v) is 6.09. The molecule has 1 aromatic carbocycles. The standard InChI is InChI=1S/C13H11Br2FN2S/c1-2-3-10-11(15)13(19)18-12(17-10)8-6-7(16)4-5-9(8)14/h4-6H,2-3H2,1H3,(H,17,18,19). The van der Waals surface area contributed by atoms with Gasteiger partial charge in [0.2, 0.25) is 0 Å². The lowest BCUT2D eigenvalue weighted by Crippen LogP contribution is -1.99. The molecule has 1 aromatic heterocycles. The van der Waals surface area contributed by atoms with Gasteiger partial charge in [0.1, 0.15) is 16.3 Å². The number of aryl methyl sites for hydroxylation is 1. The summed E-state index contributed by atoms with van der Waals surface area (Å²) in [4.78, 5) is 7.52. The first-order valence-electron chi connectivity index (χ1n) is 5.77. The molecule has 2 aromatic rings. The van der Waals surface area contributed by atoms with Gasteiger partial charge in [0.15, 0.2) is 0 Å². The van der Waals surface area contributed by atoms with E-state index in [0.29, 0.717) is 16.0 Å². The second-order valence-electron chi connectivity index (χ2n) is 4.06. The van der Waals surface area contributed by atoms with Gasteiger partial charge in [-0.05, 0) is 40.5 Å². The average molecular weight is 406 g/mol. The van der Waals surface area contributed by atoms with Crippen LogP contribution in [0.25, 0.3) is 11.4 Å². The lowest BCUT2D eigenvalue weighted by atomic mass is 10.2. The van der Waals surface area contributed by atoms with Crippen LogP contribution in [0.5, 0.6) is 0 Å². The van der Waals surface area contributed by atoms with Gasteiger partial charge in [-0.2, -0.15) is 0 Å². The minimum absolute atomic E-state index is 0.306. The minimum Gasteiger partial charge on any atom is -0.342 e. The maximum absolute atomic E-state index is 13.4. The van der Waals surface area contributed by atoms with Gasteiger partial charge in [-0.3, -0.25) is 0 Å². The third-order valence-corrected chi connectivity index (χ3v) is 4.72. The highest BCUT2D eigenvalue weighted by Gasteiger charge is 2.11. The van der Waals surface area contributed by atoms with Crippen molar-refractivity contribution in [1.82, 2.24) is 9.97 Å². The predicted octanol–water partition coefficient (Wildman–Crippen LogP) is 5.42. The summed E-state index contributed by atoms with van der Waals surface area (Å²) in [6.07, 6.45) is 1.84. The number of nitrogens with zero attached hydrogens (tertiary/aromatic N) is 1. The molecule has 1 heterocycles. The molecule has 0 fully saturated rings. The van der Waals surface area contributed by atoms with E-state index in [2.05, 4.69) is 48.8 Å². The molecule has 0 aliphatic heterocycles. The number of hydrogen-bond acceptors (Lipinski definition) is 2. The Morgan fingerprint density at radius 1 is 1.37 bits per heavy atom. The number of aromatic nitrogens is 2. The van der Waals surface area contributed by atoms with Crippen LogP contribution >= 0.6 is 44.1 Å². The number of nitrogens with one attached hydrogen (secondary N) is 1. The van der Waals surface area contributed by atoms with E-state index in [-0.39, 0.29) is 5.82 Å². The topological polar surface area (TPSA) is 28.7 Å². The highest BCUT2D eigenvalue weighted by Crippen LogP contribution is 2.28. The fourth-order valence-electron chi connectivity index (χ4n) is 1.73. The Kier molecular flexibility index (Phi) is 4.86. The molecule has 1 N–H and O–H groups in total. The van der Waals surface area contributed by atoms with Crippen molar-refractivity contribution in [3.8, 4) is 11.4 Å². The molecule has 0 saturated carbocycles. The third kappa shape index (κ3) is 3.30. The number of aromatic amines is 1. The summed E-state index contributed by atoms with van der Waals surface area (Å²) in [6.45, 7) is 2.08. The molecule has 2 rings (SSSR count). The highest BCUT2D eigenvalue weighted by molar-refractivity contribution is 9.11. The van der Waals surface area contributed by atoms with Gasteiger partial charge in [-0.1, -0.05) is 41.5 Å². The summed E-state index contributed by atoms with van der Waals surface area (Å²) < 4.78 is 15.4. The summed E-state index contributed by atoms with van der Waals surface area (Å²) in [5.74, 6) is 0.266. The Bertz CT molecular complexity index is 670. The van der Waals surface area contributed by atoms with Crippen LogP contribution in [-0.2, 0) is 6.42 Å². The maximum atomic E-state index is 13.4. The maximum Gasteiger partial charge on any atom is 0.144 e. The molecule has 0 saturated heterocycles. The molecular formula is C13H11Br2FN2S. The molecule has 100 valence electrons. The first-order valence-corrected chi connectivity index (χ1v) is 7.76. The molecule has 0 bridgehead atoms. The smallest absolute Gasteiger partial charge is 0.144 e. The molecule has 0 aliphatic carbocycles. The quantitative estimate of drug-likeness (QED) is 0.690. The van der Waals surface area contributed by atoms with E-state index >= 15 is 0 Å². The molecule has 0 atom stereocenters. The molecule has 0 radical (unpaired) electrons. The SMILES string of the molecule is CCCc1[nH]c(-c2cc(F)ccc2Br)nc(=S)c1Br. The zero-order valence-corrected chi connectivity index (χ0v) is 14.1. The van der Waals surface area contributed by atoms with Crippen LogP contribution in [0.4, 0.5) is 4.39 Å². The van der Waals surface area contributed by atoms with Crippen molar-refractivity contribution in [3.63, 3.8) is 0 Å². The van der Waals surface area contributed by atoms with E-state index < -0.39 is 0 Å². The molecular weight excluding hydrogens is 395 g/mol. The Hall–Kier alpha value is -0.590. The Morgan fingerprint density at radius 2 is 2.11 bits per heavy atom. The van der Waals surface area contributed by atoms with Gasteiger partial charge >= 0.3 is 0 Å². The highest BCUT2D eigenvalue weighted by atomic mass is 79.9. The Morgan fingerprint density at radius 3 is 2.79 bits per heavy atom. The summed E-state index contributed by atoms with van der Waals surface area (Å²) in [7, 11) is 0. The van der Waals surface area contributed by atoms with Crippen LogP contribution < -0.4 is 0 Å². The number of benzene rings is 1. The van der Waals surface area contributed by atoms with E-state index in [1.807, 2.05) is 0 Å². The molecule has 0 amide bonds. The number of hydrogen-bond donors (Lipinski definition) is 1. The first-order chi connectivity index (χ1) is 9.02. The van der Waals surface area contributed by atoms with Crippen LogP contribution in [0.3, 0.4) is 0 Å². The number of halogens is 3. The van der Waals surface area contributed by atoms with Crippen LogP contribution in [0.15, 0.2) is 27.1 Å². The lowest BCUT2D eigenvalue weighted by Gasteiger charge is -2.09. The molecule has 6 heteroatoms. The van der Waals surface area contributed by atoms with E-state index in [1.165, 1.54) is 12.1 Å². The van der Waals surface area contributed by atoms with Gasteiger partial charge in [0.25, 0.3) is 0 Å². The Labute approximate surface area is 132 Å². The van der Waals surface area contributed by atoms with E-state index in [9.17, 15) is 4.39 Å². The van der Waals surface area contributed by atoms with Crippen LogP contribution in [0, 0.1) is 10.5 Å². The van der Waals surface area contributed by atoms with Crippen molar-refractivity contribution in [2.45, 2.75) is 19.8 Å². The largest absolute Gasteiger partial charge is 0.342 e. The predicted molar refractivity (Wildman–Crippen MR) is 84.2 cm³/mol. The first kappa shape index (κ1) is 14.8. The van der Waals surface area contributed by atoms with Crippen molar-refractivity contribution in [2.24, 2.45) is 0 Å². The molecule has 0 spiro atoms. The fraction of sp³-hybridized carbons (Fsp3) is 0.231. The monoisotopic (exact) mass is 404 g/mol. The van der Waals surface area contributed by atoms with Crippen LogP contribution in [0.2, 0.25) is 0 Å². The van der Waals surface area contributed by atoms with Gasteiger partial charge in [-0.15, -0.1) is 0 Å². The Balaban J connectivity index is 2.62. The van der Waals surface area contributed by atoms with Crippen molar-refractivity contribution < 1.29 is 4.39 Å². The van der Waals surface area contributed by atoms with Crippen molar-refractivity contribution in [1.29, 1.82) is 0 Å². The lowest BCUT2D eigenvalue weighted by molar-refractivity contribution is 0.628. The van der Waals surface area contributed by atoms with Crippen molar-refractivity contribution in [2.75, 3.05) is 0 Å². The van der Waals surface area contributed by atoms with E-state index in [0.717, 1.165) is 27.5 Å². The van der Waals surface area contributed by atoms with Gasteiger partial charge in [-0.25, -0.2) is 9.37 Å². The zero-order valence-electron chi connectivity index (χ0n) is 10.1. The summed E-state index contributed by atoms with van der Waals surface area (Å²) in [5.41, 5.74) is 1.64. The number of H-pyrrole nitrogens is 1. The molecule has 19 heavy (non-hydrogen) atoms. The molecule has 0 unspecified atom stereocenters. The summed E-state index contributed by atoms with van der Waals surface area (Å²) in [5, 5.41) is 0. The van der Waals surface area contributed by atoms with Gasteiger partial charge in [0.05, 0.1) is 4.47 Å². The average Bonchev–Trinajstić information content (AvgIpc) is 2.38.